The number of hydrogen-bond donors (Lipinski definition) is 1. The molecule has 0 bridgehead atoms. The van der Waals surface area contributed by atoms with E-state index >= 15 is 0 Å². The van der Waals surface area contributed by atoms with Crippen molar-refractivity contribution in [3.63, 3.8) is 0 Å². The predicted octanol–water partition coefficient (Wildman–Crippen LogP) is 3.91. The van der Waals surface area contributed by atoms with E-state index < -0.39 is 6.10 Å². The highest BCUT2D eigenvalue weighted by molar-refractivity contribution is 9.11. The summed E-state index contributed by atoms with van der Waals surface area (Å²) in [5.74, 6) is 0. The Hall–Kier alpha value is 0.180. The van der Waals surface area contributed by atoms with E-state index in [1.54, 1.807) is 6.20 Å². The fourth-order valence-corrected chi connectivity index (χ4v) is 3.59. The standard InChI is InChI=1S/C9H5Br3N2OS/c10-4-1-5(11)7(13-2-4)8(15)9-14-6(12)3-16-9/h1-3,8,15H. The van der Waals surface area contributed by atoms with Crippen LogP contribution in [-0.4, -0.2) is 15.1 Å². The summed E-state index contributed by atoms with van der Waals surface area (Å²) < 4.78 is 2.33. The fraction of sp³-hybridized carbons (Fsp3) is 0.111. The molecule has 3 nitrogen and oxygen atoms in total. The molecule has 1 unspecified atom stereocenters. The first-order valence-electron chi connectivity index (χ1n) is 4.18. The van der Waals surface area contributed by atoms with Gasteiger partial charge in [-0.2, -0.15) is 0 Å². The van der Waals surface area contributed by atoms with Gasteiger partial charge in [0.25, 0.3) is 0 Å². The van der Waals surface area contributed by atoms with Crippen molar-refractivity contribution >= 4 is 59.1 Å². The van der Waals surface area contributed by atoms with Crippen LogP contribution in [0.1, 0.15) is 16.8 Å². The molecule has 7 heteroatoms. The first-order valence-corrected chi connectivity index (χ1v) is 7.43. The van der Waals surface area contributed by atoms with Gasteiger partial charge in [-0.25, -0.2) is 4.98 Å². The van der Waals surface area contributed by atoms with Gasteiger partial charge in [-0.1, -0.05) is 0 Å². The van der Waals surface area contributed by atoms with E-state index in [1.165, 1.54) is 11.3 Å². The monoisotopic (exact) mass is 426 g/mol. The Bertz CT molecular complexity index is 517. The number of thiazole rings is 1. The molecule has 0 saturated carbocycles. The average Bonchev–Trinajstić information content (AvgIpc) is 2.64. The second kappa shape index (κ2) is 5.22. The van der Waals surface area contributed by atoms with Crippen molar-refractivity contribution in [3.05, 3.63) is 41.9 Å². The maximum Gasteiger partial charge on any atom is 0.148 e. The Kier molecular flexibility index (Phi) is 4.12. The van der Waals surface area contributed by atoms with Crippen LogP contribution in [0.5, 0.6) is 0 Å². The zero-order valence-electron chi connectivity index (χ0n) is 7.69. The predicted molar refractivity (Wildman–Crippen MR) is 73.5 cm³/mol. The van der Waals surface area contributed by atoms with Crippen molar-refractivity contribution < 1.29 is 5.11 Å². The summed E-state index contributed by atoms with van der Waals surface area (Å²) in [6.07, 6.45) is 0.838. The van der Waals surface area contributed by atoms with Gasteiger partial charge in [0.1, 0.15) is 15.7 Å². The molecule has 0 spiro atoms. The molecule has 1 N–H and O–H groups in total. The Morgan fingerprint density at radius 2 is 2.06 bits per heavy atom. The summed E-state index contributed by atoms with van der Waals surface area (Å²) in [5, 5.41) is 12.5. The third kappa shape index (κ3) is 2.70. The molecule has 84 valence electrons. The number of aromatic nitrogens is 2. The summed E-state index contributed by atoms with van der Waals surface area (Å²) in [7, 11) is 0. The fourth-order valence-electron chi connectivity index (χ4n) is 1.14. The molecule has 16 heavy (non-hydrogen) atoms. The zero-order valence-corrected chi connectivity index (χ0v) is 13.3. The maximum absolute atomic E-state index is 10.1. The van der Waals surface area contributed by atoms with E-state index in [-0.39, 0.29) is 0 Å². The number of aliphatic hydroxyl groups is 1. The molecule has 0 aliphatic rings. The van der Waals surface area contributed by atoms with Gasteiger partial charge in [0.15, 0.2) is 0 Å². The lowest BCUT2D eigenvalue weighted by Crippen LogP contribution is -2.02. The van der Waals surface area contributed by atoms with Crippen molar-refractivity contribution in [3.8, 4) is 0 Å². The second-order valence-electron chi connectivity index (χ2n) is 2.93. The summed E-state index contributed by atoms with van der Waals surface area (Å²) in [4.78, 5) is 8.33. The molecule has 0 amide bonds. The number of hydrogen-bond acceptors (Lipinski definition) is 4. The minimum atomic E-state index is -0.807. The minimum absolute atomic E-state index is 0.560. The third-order valence-corrected chi connectivity index (χ3v) is 4.50. The number of halogens is 3. The highest BCUT2D eigenvalue weighted by atomic mass is 79.9. The Labute approximate surface area is 121 Å². The molecular formula is C9H5Br3N2OS. The second-order valence-corrected chi connectivity index (χ2v) is 6.40. The first-order chi connectivity index (χ1) is 7.58. The summed E-state index contributed by atoms with van der Waals surface area (Å²) >= 11 is 11.3. The normalized spacial score (nSPS) is 12.8. The number of pyridine rings is 1. The Balaban J connectivity index is 2.37. The molecule has 0 radical (unpaired) electrons. The van der Waals surface area contributed by atoms with Gasteiger partial charge >= 0.3 is 0 Å². The largest absolute Gasteiger partial charge is 0.379 e. The molecule has 0 aliphatic carbocycles. The zero-order chi connectivity index (χ0) is 11.7. The molecule has 0 aromatic carbocycles. The molecular weight excluding hydrogens is 424 g/mol. The molecule has 2 aromatic heterocycles. The van der Waals surface area contributed by atoms with Gasteiger partial charge in [0, 0.05) is 20.5 Å². The highest BCUT2D eigenvalue weighted by Crippen LogP contribution is 2.31. The summed E-state index contributed by atoms with van der Waals surface area (Å²) in [6.45, 7) is 0. The van der Waals surface area contributed by atoms with Crippen LogP contribution in [0.3, 0.4) is 0 Å². The van der Waals surface area contributed by atoms with Gasteiger partial charge in [0.05, 0.1) is 5.69 Å². The summed E-state index contributed by atoms with van der Waals surface area (Å²) in [5.41, 5.74) is 0.560. The van der Waals surface area contributed by atoms with E-state index in [0.29, 0.717) is 10.7 Å². The number of nitrogens with zero attached hydrogens (tertiary/aromatic N) is 2. The van der Waals surface area contributed by atoms with Crippen LogP contribution in [0.4, 0.5) is 0 Å². The van der Waals surface area contributed by atoms with Crippen molar-refractivity contribution in [2.45, 2.75) is 6.10 Å². The lowest BCUT2D eigenvalue weighted by atomic mass is 10.2. The molecule has 0 saturated heterocycles. The first kappa shape index (κ1) is 12.6. The van der Waals surface area contributed by atoms with E-state index in [9.17, 15) is 5.11 Å². The molecule has 2 rings (SSSR count). The highest BCUT2D eigenvalue weighted by Gasteiger charge is 2.18. The number of rotatable bonds is 2. The lowest BCUT2D eigenvalue weighted by Gasteiger charge is -2.08. The van der Waals surface area contributed by atoms with E-state index in [4.69, 9.17) is 0 Å². The molecule has 1 atom stereocenters. The molecule has 2 aromatic rings. The van der Waals surface area contributed by atoms with Gasteiger partial charge in [-0.05, 0) is 53.9 Å². The SMILES string of the molecule is OC(c1nc(Br)cs1)c1ncc(Br)cc1Br. The van der Waals surface area contributed by atoms with Crippen LogP contribution in [0.25, 0.3) is 0 Å². The van der Waals surface area contributed by atoms with Crippen LogP contribution in [-0.2, 0) is 0 Å². The van der Waals surface area contributed by atoms with Crippen LogP contribution in [0, 0.1) is 0 Å². The lowest BCUT2D eigenvalue weighted by molar-refractivity contribution is 0.214. The molecule has 0 fully saturated rings. The molecule has 2 heterocycles. The quantitative estimate of drug-likeness (QED) is 0.788. The average molecular weight is 429 g/mol. The van der Waals surface area contributed by atoms with Gasteiger partial charge in [-0.3, -0.25) is 4.98 Å². The smallest absolute Gasteiger partial charge is 0.148 e. The van der Waals surface area contributed by atoms with Crippen LogP contribution in [0.15, 0.2) is 31.2 Å². The van der Waals surface area contributed by atoms with Crippen LogP contribution >= 0.6 is 59.1 Å². The third-order valence-electron chi connectivity index (χ3n) is 1.82. The van der Waals surface area contributed by atoms with E-state index in [1.807, 2.05) is 11.4 Å². The van der Waals surface area contributed by atoms with Gasteiger partial charge in [0.2, 0.25) is 0 Å². The van der Waals surface area contributed by atoms with Gasteiger partial charge < -0.3 is 5.11 Å². The number of aliphatic hydroxyl groups excluding tert-OH is 1. The van der Waals surface area contributed by atoms with Crippen LogP contribution < -0.4 is 0 Å². The van der Waals surface area contributed by atoms with E-state index in [2.05, 4.69) is 57.8 Å². The topological polar surface area (TPSA) is 46.0 Å². The van der Waals surface area contributed by atoms with Gasteiger partial charge in [-0.15, -0.1) is 11.3 Å². The minimum Gasteiger partial charge on any atom is -0.379 e. The van der Waals surface area contributed by atoms with Crippen molar-refractivity contribution in [2.75, 3.05) is 0 Å². The van der Waals surface area contributed by atoms with E-state index in [0.717, 1.165) is 13.5 Å². The van der Waals surface area contributed by atoms with Crippen molar-refractivity contribution in [2.24, 2.45) is 0 Å². The maximum atomic E-state index is 10.1. The molecule has 0 aliphatic heterocycles. The van der Waals surface area contributed by atoms with Crippen LogP contribution in [0.2, 0.25) is 0 Å². The van der Waals surface area contributed by atoms with Crippen molar-refractivity contribution in [1.82, 2.24) is 9.97 Å². The Morgan fingerprint density at radius 3 is 2.62 bits per heavy atom. The van der Waals surface area contributed by atoms with Crippen molar-refractivity contribution in [1.29, 1.82) is 0 Å². The summed E-state index contributed by atoms with van der Waals surface area (Å²) in [6, 6.07) is 1.84. The Morgan fingerprint density at radius 1 is 1.31 bits per heavy atom.